The first-order valence-corrected chi connectivity index (χ1v) is 8.97. The van der Waals surface area contributed by atoms with Gasteiger partial charge in [0.25, 0.3) is 0 Å². The van der Waals surface area contributed by atoms with Crippen molar-refractivity contribution in [2.45, 2.75) is 52.7 Å². The van der Waals surface area contributed by atoms with Crippen LogP contribution in [0.15, 0.2) is 0 Å². The molecule has 0 saturated carbocycles. The second kappa shape index (κ2) is 7.39. The van der Waals surface area contributed by atoms with Gasteiger partial charge in [0.2, 0.25) is 5.91 Å². The van der Waals surface area contributed by atoms with Crippen LogP contribution < -0.4 is 5.32 Å². The van der Waals surface area contributed by atoms with E-state index < -0.39 is 10.8 Å². The third-order valence-electron chi connectivity index (χ3n) is 3.91. The van der Waals surface area contributed by atoms with Crippen molar-refractivity contribution in [1.29, 1.82) is 0 Å². The van der Waals surface area contributed by atoms with Gasteiger partial charge in [0.05, 0.1) is 12.2 Å². The zero-order valence-corrected chi connectivity index (χ0v) is 13.6. The quantitative estimate of drug-likeness (QED) is 0.774. The molecule has 4 unspecified atom stereocenters. The Morgan fingerprint density at radius 1 is 1.37 bits per heavy atom. The van der Waals surface area contributed by atoms with E-state index in [-0.39, 0.29) is 18.1 Å². The lowest BCUT2D eigenvalue weighted by molar-refractivity contribution is -0.131. The van der Waals surface area contributed by atoms with Crippen LogP contribution in [-0.2, 0) is 15.6 Å². The zero-order chi connectivity index (χ0) is 14.6. The molecule has 5 heteroatoms. The summed E-state index contributed by atoms with van der Waals surface area (Å²) in [4.78, 5) is 14.4. The van der Waals surface area contributed by atoms with Crippen molar-refractivity contribution in [1.82, 2.24) is 10.2 Å². The number of rotatable bonds is 7. The first kappa shape index (κ1) is 16.6. The Hall–Kier alpha value is -0.420. The third-order valence-corrected chi connectivity index (χ3v) is 4.77. The first-order chi connectivity index (χ1) is 8.88. The average Bonchev–Trinajstić information content (AvgIpc) is 2.66. The molecule has 19 heavy (non-hydrogen) atoms. The summed E-state index contributed by atoms with van der Waals surface area (Å²) in [6, 6.07) is -0.0514. The lowest BCUT2D eigenvalue weighted by atomic mass is 9.99. The molecule has 1 fully saturated rings. The molecule has 1 N–H and O–H groups in total. The second-order valence-electron chi connectivity index (χ2n) is 5.88. The van der Waals surface area contributed by atoms with Gasteiger partial charge < -0.3 is 4.90 Å². The van der Waals surface area contributed by atoms with Gasteiger partial charge in [-0.1, -0.05) is 34.1 Å². The maximum absolute atomic E-state index is 12.5. The second-order valence-corrected chi connectivity index (χ2v) is 7.44. The molecule has 4 nitrogen and oxygen atoms in total. The van der Waals surface area contributed by atoms with Crippen molar-refractivity contribution in [3.05, 3.63) is 0 Å². The molecule has 0 bridgehead atoms. The molecule has 0 aromatic heterocycles. The molecule has 0 radical (unpaired) electrons. The number of nitrogens with one attached hydrogen (secondary N) is 1. The summed E-state index contributed by atoms with van der Waals surface area (Å²) in [7, 11) is -0.776. The van der Waals surface area contributed by atoms with Gasteiger partial charge in [-0.05, 0) is 18.3 Å². The molecule has 1 heterocycles. The smallest absolute Gasteiger partial charge is 0.241 e. The molecular formula is C14H28N2O2S. The van der Waals surface area contributed by atoms with Gasteiger partial charge in [0.1, 0.15) is 0 Å². The molecule has 0 spiro atoms. The van der Waals surface area contributed by atoms with E-state index >= 15 is 0 Å². The van der Waals surface area contributed by atoms with E-state index in [0.29, 0.717) is 24.1 Å². The van der Waals surface area contributed by atoms with Crippen LogP contribution in [0.4, 0.5) is 0 Å². The Labute approximate surface area is 119 Å². The molecule has 112 valence electrons. The van der Waals surface area contributed by atoms with Gasteiger partial charge in [0.15, 0.2) is 0 Å². The molecule has 0 aromatic rings. The highest BCUT2D eigenvalue weighted by Gasteiger charge is 2.41. The summed E-state index contributed by atoms with van der Waals surface area (Å²) in [5.74, 6) is 1.64. The first-order valence-electron chi connectivity index (χ1n) is 7.25. The van der Waals surface area contributed by atoms with Crippen molar-refractivity contribution >= 4 is 16.7 Å². The average molecular weight is 288 g/mol. The summed E-state index contributed by atoms with van der Waals surface area (Å²) >= 11 is 0. The van der Waals surface area contributed by atoms with E-state index in [1.165, 1.54) is 0 Å². The van der Waals surface area contributed by atoms with E-state index in [1.807, 2.05) is 4.90 Å². The molecule has 1 aliphatic rings. The Morgan fingerprint density at radius 3 is 2.47 bits per heavy atom. The number of hydrogen-bond donors (Lipinski definition) is 1. The number of carbonyl (C=O) groups excluding carboxylic acids is 1. The van der Waals surface area contributed by atoms with E-state index in [0.717, 1.165) is 12.8 Å². The Morgan fingerprint density at radius 2 is 2.00 bits per heavy atom. The van der Waals surface area contributed by atoms with Crippen LogP contribution >= 0.6 is 0 Å². The lowest BCUT2D eigenvalue weighted by Gasteiger charge is -2.27. The van der Waals surface area contributed by atoms with Gasteiger partial charge in [-0.25, -0.2) is 0 Å². The Bertz CT molecular complexity index is 333. The van der Waals surface area contributed by atoms with Crippen LogP contribution in [0.3, 0.4) is 0 Å². The summed E-state index contributed by atoms with van der Waals surface area (Å²) in [6.45, 7) is 9.22. The number of hydrogen-bond acceptors (Lipinski definition) is 3. The van der Waals surface area contributed by atoms with Gasteiger partial charge in [-0.2, -0.15) is 0 Å². The summed E-state index contributed by atoms with van der Waals surface area (Å²) < 4.78 is 11.1. The van der Waals surface area contributed by atoms with Gasteiger partial charge in [-0.3, -0.25) is 14.3 Å². The van der Waals surface area contributed by atoms with E-state index in [1.54, 1.807) is 6.26 Å². The highest BCUT2D eigenvalue weighted by atomic mass is 32.2. The van der Waals surface area contributed by atoms with Crippen molar-refractivity contribution in [3.63, 3.8) is 0 Å². The highest BCUT2D eigenvalue weighted by Crippen LogP contribution is 2.23. The maximum Gasteiger partial charge on any atom is 0.241 e. The SMILES string of the molecule is CCC(C)C1NC(C(C)C)N(CCCS(C)=O)C1=O. The minimum Gasteiger partial charge on any atom is -0.325 e. The monoisotopic (exact) mass is 288 g/mol. The molecule has 4 atom stereocenters. The minimum absolute atomic E-state index is 0.0514. The van der Waals surface area contributed by atoms with Crippen LogP contribution in [0.25, 0.3) is 0 Å². The van der Waals surface area contributed by atoms with Crippen LogP contribution in [0, 0.1) is 11.8 Å². The fraction of sp³-hybridized carbons (Fsp3) is 0.929. The number of nitrogens with zero attached hydrogens (tertiary/aromatic N) is 1. The van der Waals surface area contributed by atoms with E-state index in [9.17, 15) is 9.00 Å². The Kier molecular flexibility index (Phi) is 6.47. The number of carbonyl (C=O) groups is 1. The summed E-state index contributed by atoms with van der Waals surface area (Å²) in [5.41, 5.74) is 0. The molecular weight excluding hydrogens is 260 g/mol. The van der Waals surface area contributed by atoms with Crippen molar-refractivity contribution in [2.24, 2.45) is 11.8 Å². The van der Waals surface area contributed by atoms with Crippen LogP contribution in [0.1, 0.15) is 40.5 Å². The minimum atomic E-state index is -0.776. The molecule has 0 aliphatic carbocycles. The van der Waals surface area contributed by atoms with E-state index in [2.05, 4.69) is 33.0 Å². The zero-order valence-electron chi connectivity index (χ0n) is 12.8. The van der Waals surface area contributed by atoms with E-state index in [4.69, 9.17) is 0 Å². The normalized spacial score (nSPS) is 27.1. The topological polar surface area (TPSA) is 49.4 Å². The predicted molar refractivity (Wildman–Crippen MR) is 80.3 cm³/mol. The fourth-order valence-electron chi connectivity index (χ4n) is 2.54. The lowest BCUT2D eigenvalue weighted by Crippen LogP contribution is -2.42. The predicted octanol–water partition coefficient (Wildman–Crippen LogP) is 1.58. The standard InChI is InChI=1S/C14H28N2O2S/c1-6-11(4)12-14(17)16(8-7-9-19(5)18)13(15-12)10(2)3/h10-13,15H,6-9H2,1-5H3. The highest BCUT2D eigenvalue weighted by molar-refractivity contribution is 7.84. The van der Waals surface area contributed by atoms with Crippen LogP contribution in [0.5, 0.6) is 0 Å². The van der Waals surface area contributed by atoms with Gasteiger partial charge >= 0.3 is 0 Å². The van der Waals surface area contributed by atoms with Crippen molar-refractivity contribution in [3.8, 4) is 0 Å². The maximum atomic E-state index is 12.5. The molecule has 1 saturated heterocycles. The molecule has 1 aliphatic heterocycles. The summed E-state index contributed by atoms with van der Waals surface area (Å²) in [5, 5.41) is 3.48. The molecule has 1 amide bonds. The van der Waals surface area contributed by atoms with Gasteiger partial charge in [-0.15, -0.1) is 0 Å². The Balaban J connectivity index is 2.69. The third kappa shape index (κ3) is 4.28. The summed E-state index contributed by atoms with van der Waals surface area (Å²) in [6.07, 6.45) is 3.65. The van der Waals surface area contributed by atoms with Crippen LogP contribution in [0.2, 0.25) is 0 Å². The molecule has 1 rings (SSSR count). The van der Waals surface area contributed by atoms with Gasteiger partial charge in [0, 0.05) is 29.4 Å². The molecule has 0 aromatic carbocycles. The fourth-order valence-corrected chi connectivity index (χ4v) is 3.08. The number of amides is 1. The van der Waals surface area contributed by atoms with Crippen LogP contribution in [-0.4, -0.2) is 45.8 Å². The van der Waals surface area contributed by atoms with Crippen molar-refractivity contribution < 1.29 is 9.00 Å². The van der Waals surface area contributed by atoms with Crippen molar-refractivity contribution in [2.75, 3.05) is 18.6 Å². The largest absolute Gasteiger partial charge is 0.325 e.